The molecule has 0 spiro atoms. The van der Waals surface area contributed by atoms with E-state index in [1.54, 1.807) is 18.2 Å². The highest BCUT2D eigenvalue weighted by Gasteiger charge is 2.33. The molecule has 0 aromatic heterocycles. The third-order valence-corrected chi connectivity index (χ3v) is 4.13. The molecule has 1 N–H and O–H groups in total. The Labute approximate surface area is 156 Å². The fourth-order valence-electron chi connectivity index (χ4n) is 2.73. The minimum Gasteiger partial charge on any atom is -0.485 e. The van der Waals surface area contributed by atoms with E-state index in [9.17, 15) is 14.0 Å². The van der Waals surface area contributed by atoms with Gasteiger partial charge in [0, 0.05) is 11.7 Å². The van der Waals surface area contributed by atoms with Gasteiger partial charge >= 0.3 is 0 Å². The summed E-state index contributed by atoms with van der Waals surface area (Å²) in [6.07, 6.45) is -0.819. The van der Waals surface area contributed by atoms with Gasteiger partial charge in [-0.3, -0.25) is 9.59 Å². The van der Waals surface area contributed by atoms with Crippen molar-refractivity contribution in [1.82, 2.24) is 4.90 Å². The molecule has 2 amide bonds. The van der Waals surface area contributed by atoms with E-state index in [0.29, 0.717) is 17.2 Å². The van der Waals surface area contributed by atoms with Gasteiger partial charge in [-0.05, 0) is 50.2 Å². The number of hydrogen-bond acceptors (Lipinski definition) is 4. The monoisotopic (exact) mass is 372 g/mol. The van der Waals surface area contributed by atoms with Gasteiger partial charge in [-0.15, -0.1) is 0 Å². The van der Waals surface area contributed by atoms with Gasteiger partial charge in [0.05, 0.1) is 0 Å². The van der Waals surface area contributed by atoms with E-state index < -0.39 is 6.10 Å². The Kier molecular flexibility index (Phi) is 5.59. The second-order valence-corrected chi connectivity index (χ2v) is 6.48. The molecule has 0 aliphatic carbocycles. The summed E-state index contributed by atoms with van der Waals surface area (Å²) in [5.74, 6) is 0.00419. The van der Waals surface area contributed by atoms with E-state index >= 15 is 0 Å². The predicted octanol–water partition coefficient (Wildman–Crippen LogP) is 2.84. The molecule has 0 saturated carbocycles. The minimum absolute atomic E-state index is 0.0820. The normalized spacial score (nSPS) is 15.3. The average Bonchev–Trinajstić information content (AvgIpc) is 2.67. The van der Waals surface area contributed by atoms with Crippen molar-refractivity contribution in [2.75, 3.05) is 18.5 Å². The van der Waals surface area contributed by atoms with Crippen LogP contribution < -0.4 is 14.8 Å². The van der Waals surface area contributed by atoms with Gasteiger partial charge in [-0.1, -0.05) is 12.1 Å². The average molecular weight is 372 g/mol. The fraction of sp³-hybridized carbons (Fsp3) is 0.300. The van der Waals surface area contributed by atoms with Crippen molar-refractivity contribution in [2.24, 2.45) is 0 Å². The number of anilines is 1. The van der Waals surface area contributed by atoms with Crippen LogP contribution in [-0.4, -0.2) is 42.0 Å². The number of ether oxygens (including phenoxy) is 2. The molecule has 1 aliphatic heterocycles. The van der Waals surface area contributed by atoms with Crippen molar-refractivity contribution in [3.05, 3.63) is 54.3 Å². The standard InChI is InChI=1S/C20H21FN2O4/c1-13(2)23(11-19(24)22-15-9-7-14(21)8-10-15)20(25)18-12-26-16-5-3-4-6-17(16)27-18/h3-10,13,18H,11-12H2,1-2H3,(H,22,24). The molecule has 3 rings (SSSR count). The molecule has 0 fully saturated rings. The number of hydrogen-bond donors (Lipinski definition) is 1. The number of amides is 2. The summed E-state index contributed by atoms with van der Waals surface area (Å²) in [4.78, 5) is 26.6. The van der Waals surface area contributed by atoms with Crippen LogP contribution in [0.2, 0.25) is 0 Å². The van der Waals surface area contributed by atoms with E-state index in [2.05, 4.69) is 5.32 Å². The van der Waals surface area contributed by atoms with Gasteiger partial charge in [0.1, 0.15) is 19.0 Å². The molecular formula is C20H21FN2O4. The van der Waals surface area contributed by atoms with Gasteiger partial charge in [0.2, 0.25) is 12.0 Å². The maximum atomic E-state index is 13.0. The molecule has 1 aliphatic rings. The van der Waals surface area contributed by atoms with Crippen LogP contribution in [0.4, 0.5) is 10.1 Å². The van der Waals surface area contributed by atoms with E-state index in [-0.39, 0.29) is 36.8 Å². The maximum absolute atomic E-state index is 13.0. The van der Waals surface area contributed by atoms with Gasteiger partial charge < -0.3 is 19.7 Å². The smallest absolute Gasteiger partial charge is 0.267 e. The first-order valence-corrected chi connectivity index (χ1v) is 8.68. The van der Waals surface area contributed by atoms with Crippen LogP contribution in [0, 0.1) is 5.82 Å². The zero-order chi connectivity index (χ0) is 19.4. The second kappa shape index (κ2) is 8.07. The summed E-state index contributed by atoms with van der Waals surface area (Å²) in [5.41, 5.74) is 0.462. The van der Waals surface area contributed by atoms with Crippen molar-refractivity contribution in [2.45, 2.75) is 26.0 Å². The number of para-hydroxylation sites is 2. The number of rotatable bonds is 5. The molecule has 27 heavy (non-hydrogen) atoms. The molecule has 1 heterocycles. The molecule has 0 bridgehead atoms. The lowest BCUT2D eigenvalue weighted by Crippen LogP contribution is -2.51. The quantitative estimate of drug-likeness (QED) is 0.876. The van der Waals surface area contributed by atoms with Gasteiger partial charge in [0.25, 0.3) is 5.91 Å². The fourth-order valence-corrected chi connectivity index (χ4v) is 2.73. The second-order valence-electron chi connectivity index (χ2n) is 6.48. The maximum Gasteiger partial charge on any atom is 0.267 e. The number of fused-ring (bicyclic) bond motifs is 1. The van der Waals surface area contributed by atoms with Crippen LogP contribution in [0.5, 0.6) is 11.5 Å². The summed E-state index contributed by atoms with van der Waals surface area (Å²) >= 11 is 0. The van der Waals surface area contributed by atoms with Gasteiger partial charge in [0.15, 0.2) is 11.5 Å². The highest BCUT2D eigenvalue weighted by Crippen LogP contribution is 2.31. The highest BCUT2D eigenvalue weighted by atomic mass is 19.1. The molecule has 7 heteroatoms. The van der Waals surface area contributed by atoms with Crippen LogP contribution in [0.15, 0.2) is 48.5 Å². The molecule has 1 unspecified atom stereocenters. The third kappa shape index (κ3) is 4.55. The van der Waals surface area contributed by atoms with Crippen molar-refractivity contribution in [1.29, 1.82) is 0 Å². The number of benzene rings is 2. The SMILES string of the molecule is CC(C)N(CC(=O)Nc1ccc(F)cc1)C(=O)C1COc2ccccc2O1. The Morgan fingerprint density at radius 2 is 1.81 bits per heavy atom. The molecule has 2 aromatic rings. The van der Waals surface area contributed by atoms with Crippen LogP contribution in [0.1, 0.15) is 13.8 Å². The van der Waals surface area contributed by atoms with Gasteiger partial charge in [-0.2, -0.15) is 0 Å². The Morgan fingerprint density at radius 3 is 2.48 bits per heavy atom. The first-order valence-electron chi connectivity index (χ1n) is 8.68. The lowest BCUT2D eigenvalue weighted by Gasteiger charge is -2.32. The van der Waals surface area contributed by atoms with Crippen LogP contribution in [0.25, 0.3) is 0 Å². The number of carbonyl (C=O) groups is 2. The molecule has 142 valence electrons. The Bertz CT molecular complexity index is 823. The van der Waals surface area contributed by atoms with E-state index in [0.717, 1.165) is 0 Å². The first kappa shape index (κ1) is 18.7. The van der Waals surface area contributed by atoms with Gasteiger partial charge in [-0.25, -0.2) is 4.39 Å². The summed E-state index contributed by atoms with van der Waals surface area (Å²) in [5, 5.41) is 2.66. The number of carbonyl (C=O) groups excluding carboxylic acids is 2. The highest BCUT2D eigenvalue weighted by molar-refractivity contribution is 5.95. The molecule has 2 aromatic carbocycles. The minimum atomic E-state index is -0.819. The van der Waals surface area contributed by atoms with Crippen LogP contribution in [0.3, 0.4) is 0 Å². The summed E-state index contributed by atoms with van der Waals surface area (Å²) in [6.45, 7) is 3.58. The lowest BCUT2D eigenvalue weighted by atomic mass is 10.2. The Balaban J connectivity index is 1.65. The third-order valence-electron chi connectivity index (χ3n) is 4.13. The van der Waals surface area contributed by atoms with Crippen LogP contribution in [-0.2, 0) is 9.59 Å². The van der Waals surface area contributed by atoms with Crippen molar-refractivity contribution < 1.29 is 23.5 Å². The zero-order valence-electron chi connectivity index (χ0n) is 15.1. The number of halogens is 1. The Hall–Kier alpha value is -3.09. The van der Waals surface area contributed by atoms with E-state index in [1.165, 1.54) is 29.2 Å². The van der Waals surface area contributed by atoms with E-state index in [1.807, 2.05) is 19.9 Å². The predicted molar refractivity (Wildman–Crippen MR) is 98.2 cm³/mol. The largest absolute Gasteiger partial charge is 0.485 e. The molecule has 0 radical (unpaired) electrons. The van der Waals surface area contributed by atoms with Crippen molar-refractivity contribution in [3.8, 4) is 11.5 Å². The number of nitrogens with zero attached hydrogens (tertiary/aromatic N) is 1. The topological polar surface area (TPSA) is 67.9 Å². The summed E-state index contributed by atoms with van der Waals surface area (Å²) < 4.78 is 24.3. The molecule has 1 atom stereocenters. The number of nitrogens with one attached hydrogen (secondary N) is 1. The van der Waals surface area contributed by atoms with Crippen LogP contribution >= 0.6 is 0 Å². The lowest BCUT2D eigenvalue weighted by molar-refractivity contribution is -0.145. The molecule has 0 saturated heterocycles. The first-order chi connectivity index (χ1) is 12.9. The Morgan fingerprint density at radius 1 is 1.15 bits per heavy atom. The summed E-state index contributed by atoms with van der Waals surface area (Å²) in [6, 6.07) is 12.3. The van der Waals surface area contributed by atoms with Crippen molar-refractivity contribution in [3.63, 3.8) is 0 Å². The summed E-state index contributed by atoms with van der Waals surface area (Å²) in [7, 11) is 0. The van der Waals surface area contributed by atoms with E-state index in [4.69, 9.17) is 9.47 Å². The molecule has 6 nitrogen and oxygen atoms in total. The van der Waals surface area contributed by atoms with Crippen molar-refractivity contribution >= 4 is 17.5 Å². The molecular weight excluding hydrogens is 351 g/mol. The zero-order valence-corrected chi connectivity index (χ0v) is 15.1.